The second-order valence-corrected chi connectivity index (χ2v) is 1.36. The van der Waals surface area contributed by atoms with Crippen molar-refractivity contribution in [1.29, 1.82) is 0 Å². The van der Waals surface area contributed by atoms with Crippen molar-refractivity contribution in [2.75, 3.05) is 0 Å². The van der Waals surface area contributed by atoms with E-state index >= 15 is 0 Å². The van der Waals surface area contributed by atoms with Crippen LogP contribution in [-0.2, 0) is 9.59 Å². The number of hydrogen-bond donors (Lipinski definition) is 0. The minimum Gasteiger partial charge on any atom is -0.549 e. The fourth-order valence-corrected chi connectivity index (χ4v) is 0.0962. The summed E-state index contributed by atoms with van der Waals surface area (Å²) in [6.45, 7) is 0.991. The van der Waals surface area contributed by atoms with Crippen molar-refractivity contribution < 1.29 is 78.9 Å². The van der Waals surface area contributed by atoms with Crippen LogP contribution in [0.3, 0.4) is 0 Å². The van der Waals surface area contributed by atoms with Gasteiger partial charge in [0, 0.05) is 17.9 Å². The first kappa shape index (κ1) is 17.1. The third-order valence-electron chi connectivity index (χ3n) is 0.707. The standard InChI is InChI=1S/C4H6O4.2Na/c1-2(3(5)6)4(7)8;;/h2H,1H3,(H,5,6)(H,7,8);;/q;2*+1/p-2. The van der Waals surface area contributed by atoms with Crippen molar-refractivity contribution in [2.45, 2.75) is 6.92 Å². The van der Waals surface area contributed by atoms with Crippen LogP contribution in [0.2, 0.25) is 0 Å². The molecule has 0 fully saturated rings. The number of carboxylic acids is 2. The first-order valence-corrected chi connectivity index (χ1v) is 1.97. The van der Waals surface area contributed by atoms with Crippen molar-refractivity contribution >= 4 is 11.9 Å². The Labute approximate surface area is 103 Å². The Morgan fingerprint density at radius 3 is 1.30 bits per heavy atom. The minimum absolute atomic E-state index is 0. The molecule has 10 heavy (non-hydrogen) atoms. The number of carbonyl (C=O) groups excluding carboxylic acids is 2. The summed E-state index contributed by atoms with van der Waals surface area (Å²) in [7, 11) is 0. The zero-order chi connectivity index (χ0) is 6.73. The molecule has 6 heteroatoms. The SMILES string of the molecule is CC(C(=O)[O-])C(=O)[O-].[Na+].[Na+]. The summed E-state index contributed by atoms with van der Waals surface area (Å²) >= 11 is 0. The molecular weight excluding hydrogens is 158 g/mol. The first-order chi connectivity index (χ1) is 3.55. The van der Waals surface area contributed by atoms with Crippen LogP contribution in [0.1, 0.15) is 6.92 Å². The average molecular weight is 162 g/mol. The molecule has 0 aliphatic heterocycles. The van der Waals surface area contributed by atoms with Crippen LogP contribution >= 0.6 is 0 Å². The summed E-state index contributed by atoms with van der Waals surface area (Å²) in [5.74, 6) is -4.76. The fraction of sp³-hybridized carbons (Fsp3) is 0.500. The largest absolute Gasteiger partial charge is 1.00 e. The van der Waals surface area contributed by atoms with Gasteiger partial charge in [0.05, 0.1) is 0 Å². The van der Waals surface area contributed by atoms with E-state index in [-0.39, 0.29) is 59.1 Å². The quantitative estimate of drug-likeness (QED) is 0.298. The van der Waals surface area contributed by atoms with Gasteiger partial charge in [-0.05, 0) is 0 Å². The summed E-state index contributed by atoms with van der Waals surface area (Å²) < 4.78 is 0. The summed E-state index contributed by atoms with van der Waals surface area (Å²) in [5, 5.41) is 19.2. The molecule has 0 aromatic heterocycles. The molecule has 0 saturated heterocycles. The Hall–Kier alpha value is 0.940. The van der Waals surface area contributed by atoms with Gasteiger partial charge in [0.2, 0.25) is 0 Å². The van der Waals surface area contributed by atoms with E-state index in [0.29, 0.717) is 0 Å². The Bertz CT molecular complexity index is 110. The van der Waals surface area contributed by atoms with E-state index < -0.39 is 17.9 Å². The maximum absolute atomic E-state index is 9.61. The van der Waals surface area contributed by atoms with Crippen LogP contribution in [0.15, 0.2) is 0 Å². The molecule has 0 rings (SSSR count). The third-order valence-corrected chi connectivity index (χ3v) is 0.707. The van der Waals surface area contributed by atoms with Gasteiger partial charge >= 0.3 is 59.1 Å². The number of aliphatic carboxylic acids is 2. The maximum atomic E-state index is 9.61. The van der Waals surface area contributed by atoms with Crippen molar-refractivity contribution in [3.8, 4) is 0 Å². The zero-order valence-corrected chi connectivity index (χ0v) is 10.2. The molecule has 0 aromatic rings. The van der Waals surface area contributed by atoms with Crippen molar-refractivity contribution in [2.24, 2.45) is 5.92 Å². The Balaban J connectivity index is -0.000000245. The molecule has 0 atom stereocenters. The summed E-state index contributed by atoms with van der Waals surface area (Å²) in [4.78, 5) is 19.2. The van der Waals surface area contributed by atoms with Crippen LogP contribution in [0.25, 0.3) is 0 Å². The minimum atomic E-state index is -1.62. The van der Waals surface area contributed by atoms with Crippen LogP contribution in [0.5, 0.6) is 0 Å². The second kappa shape index (κ2) is 8.04. The monoisotopic (exact) mass is 162 g/mol. The van der Waals surface area contributed by atoms with E-state index in [1.54, 1.807) is 0 Å². The molecule has 0 N–H and O–H groups in total. The molecule has 0 aliphatic rings. The molecule has 0 aliphatic carbocycles. The van der Waals surface area contributed by atoms with E-state index in [1.807, 2.05) is 0 Å². The molecule has 0 heterocycles. The van der Waals surface area contributed by atoms with Gasteiger partial charge < -0.3 is 19.8 Å². The van der Waals surface area contributed by atoms with Crippen LogP contribution in [0, 0.1) is 5.92 Å². The molecule has 0 unspecified atom stereocenters. The number of carboxylic acid groups (broad SMARTS) is 2. The van der Waals surface area contributed by atoms with E-state index in [2.05, 4.69) is 0 Å². The van der Waals surface area contributed by atoms with Gasteiger partial charge in [0.1, 0.15) is 0 Å². The predicted molar refractivity (Wildman–Crippen MR) is 19.2 cm³/mol. The van der Waals surface area contributed by atoms with Gasteiger partial charge in [-0.25, -0.2) is 0 Å². The summed E-state index contributed by atoms with van der Waals surface area (Å²) in [6, 6.07) is 0. The van der Waals surface area contributed by atoms with Gasteiger partial charge in [-0.1, -0.05) is 6.92 Å². The van der Waals surface area contributed by atoms with E-state index in [9.17, 15) is 19.8 Å². The van der Waals surface area contributed by atoms with Gasteiger partial charge in [-0.15, -0.1) is 0 Å². The van der Waals surface area contributed by atoms with Crippen molar-refractivity contribution in [3.63, 3.8) is 0 Å². The second-order valence-electron chi connectivity index (χ2n) is 1.36. The van der Waals surface area contributed by atoms with E-state index in [4.69, 9.17) is 0 Å². The predicted octanol–water partition coefficient (Wildman–Crippen LogP) is -8.87. The summed E-state index contributed by atoms with van der Waals surface area (Å²) in [6.07, 6.45) is 0. The molecule has 0 bridgehead atoms. The number of carbonyl (C=O) groups is 2. The first-order valence-electron chi connectivity index (χ1n) is 1.97. The summed E-state index contributed by atoms with van der Waals surface area (Å²) in [5.41, 5.74) is 0. The van der Waals surface area contributed by atoms with E-state index in [0.717, 1.165) is 6.92 Å². The normalized spacial score (nSPS) is 7.40. The molecular formula is C4H4Na2O4. The molecule has 0 spiro atoms. The number of hydrogen-bond acceptors (Lipinski definition) is 4. The number of rotatable bonds is 2. The average Bonchev–Trinajstić information content (AvgIpc) is 1.64. The Morgan fingerprint density at radius 1 is 1.10 bits per heavy atom. The molecule has 0 aromatic carbocycles. The van der Waals surface area contributed by atoms with Gasteiger partial charge in [-0.3, -0.25) is 0 Å². The molecule has 0 amide bonds. The van der Waals surface area contributed by atoms with Crippen LogP contribution < -0.4 is 69.3 Å². The van der Waals surface area contributed by atoms with Gasteiger partial charge in [0.15, 0.2) is 0 Å². The Morgan fingerprint density at radius 2 is 1.30 bits per heavy atom. The molecule has 46 valence electrons. The fourth-order valence-electron chi connectivity index (χ4n) is 0.0962. The zero-order valence-electron chi connectivity index (χ0n) is 6.21. The van der Waals surface area contributed by atoms with Crippen molar-refractivity contribution in [3.05, 3.63) is 0 Å². The van der Waals surface area contributed by atoms with E-state index in [1.165, 1.54) is 0 Å². The van der Waals surface area contributed by atoms with Crippen LogP contribution in [0.4, 0.5) is 0 Å². The molecule has 0 saturated carbocycles. The molecule has 4 nitrogen and oxygen atoms in total. The Kier molecular flexibility index (Phi) is 13.8. The maximum Gasteiger partial charge on any atom is 1.00 e. The smallest absolute Gasteiger partial charge is 0.549 e. The van der Waals surface area contributed by atoms with Crippen LogP contribution in [-0.4, -0.2) is 11.9 Å². The van der Waals surface area contributed by atoms with Crippen molar-refractivity contribution in [1.82, 2.24) is 0 Å². The third kappa shape index (κ3) is 7.05. The van der Waals surface area contributed by atoms with Gasteiger partial charge in [0.25, 0.3) is 0 Å². The van der Waals surface area contributed by atoms with Gasteiger partial charge in [-0.2, -0.15) is 0 Å². The topological polar surface area (TPSA) is 80.3 Å². The molecule has 0 radical (unpaired) electrons.